The summed E-state index contributed by atoms with van der Waals surface area (Å²) >= 11 is 3.29. The number of nitrogens with zero attached hydrogens (tertiary/aromatic N) is 2. The minimum absolute atomic E-state index is 0.131. The standard InChI is InChI=1S/C11H11N3OS2/c12-10(14-15)9-3-1-2-8(6-9)7-17-11-13-4-5-16-11/h1-6,15H,7H2,(H2,12,14). The van der Waals surface area contributed by atoms with Crippen LogP contribution in [0.4, 0.5) is 0 Å². The molecule has 6 heteroatoms. The largest absolute Gasteiger partial charge is 0.409 e. The van der Waals surface area contributed by atoms with Gasteiger partial charge >= 0.3 is 0 Å². The van der Waals surface area contributed by atoms with Gasteiger partial charge in [-0.2, -0.15) is 0 Å². The number of benzene rings is 1. The van der Waals surface area contributed by atoms with E-state index < -0.39 is 0 Å². The first-order valence-electron chi connectivity index (χ1n) is 4.88. The molecular formula is C11H11N3OS2. The summed E-state index contributed by atoms with van der Waals surface area (Å²) in [6, 6.07) is 7.63. The molecule has 3 N–H and O–H groups in total. The Labute approximate surface area is 107 Å². The Balaban J connectivity index is 2.06. The highest BCUT2D eigenvalue weighted by Gasteiger charge is 2.02. The normalized spacial score (nSPS) is 11.6. The van der Waals surface area contributed by atoms with Gasteiger partial charge in [-0.1, -0.05) is 35.1 Å². The van der Waals surface area contributed by atoms with Crippen LogP contribution in [0.1, 0.15) is 11.1 Å². The molecule has 0 atom stereocenters. The third kappa shape index (κ3) is 3.21. The number of nitrogens with two attached hydrogens (primary N) is 1. The number of amidine groups is 1. The Hall–Kier alpha value is -1.53. The van der Waals surface area contributed by atoms with E-state index in [-0.39, 0.29) is 5.84 Å². The predicted molar refractivity (Wildman–Crippen MR) is 70.6 cm³/mol. The fourth-order valence-corrected chi connectivity index (χ4v) is 2.89. The molecule has 0 aliphatic heterocycles. The molecule has 0 amide bonds. The van der Waals surface area contributed by atoms with Gasteiger partial charge in [0.15, 0.2) is 5.84 Å². The highest BCUT2D eigenvalue weighted by molar-refractivity contribution is 8.00. The number of thiazole rings is 1. The molecule has 0 radical (unpaired) electrons. The Bertz CT molecular complexity index is 511. The van der Waals surface area contributed by atoms with E-state index in [1.54, 1.807) is 29.3 Å². The van der Waals surface area contributed by atoms with Crippen LogP contribution in [0, 0.1) is 0 Å². The molecule has 0 aliphatic rings. The number of hydrogen-bond donors (Lipinski definition) is 2. The summed E-state index contributed by atoms with van der Waals surface area (Å²) in [4.78, 5) is 4.20. The predicted octanol–water partition coefficient (Wildman–Crippen LogP) is 2.53. The van der Waals surface area contributed by atoms with Gasteiger partial charge in [-0.05, 0) is 11.6 Å². The van der Waals surface area contributed by atoms with Crippen LogP contribution >= 0.6 is 23.1 Å². The second kappa shape index (κ2) is 5.70. The molecule has 0 aliphatic carbocycles. The molecular weight excluding hydrogens is 254 g/mol. The van der Waals surface area contributed by atoms with Crippen molar-refractivity contribution in [1.29, 1.82) is 0 Å². The number of oxime groups is 1. The second-order valence-corrected chi connectivity index (χ2v) is 5.39. The molecule has 1 heterocycles. The fourth-order valence-electron chi connectivity index (χ4n) is 1.30. The maximum Gasteiger partial charge on any atom is 0.170 e. The van der Waals surface area contributed by atoms with E-state index in [1.165, 1.54) is 0 Å². The van der Waals surface area contributed by atoms with E-state index in [0.717, 1.165) is 21.2 Å². The summed E-state index contributed by atoms with van der Waals surface area (Å²) in [6.45, 7) is 0. The first-order valence-corrected chi connectivity index (χ1v) is 6.75. The Kier molecular flexibility index (Phi) is 4.00. The molecule has 17 heavy (non-hydrogen) atoms. The van der Waals surface area contributed by atoms with Crippen molar-refractivity contribution in [2.45, 2.75) is 10.1 Å². The second-order valence-electron chi connectivity index (χ2n) is 3.27. The minimum Gasteiger partial charge on any atom is -0.409 e. The van der Waals surface area contributed by atoms with E-state index in [0.29, 0.717) is 0 Å². The molecule has 2 aromatic rings. The number of rotatable bonds is 4. The van der Waals surface area contributed by atoms with Crippen molar-refractivity contribution in [3.63, 3.8) is 0 Å². The smallest absolute Gasteiger partial charge is 0.170 e. The average Bonchev–Trinajstić information content (AvgIpc) is 2.89. The number of thioether (sulfide) groups is 1. The minimum atomic E-state index is 0.131. The van der Waals surface area contributed by atoms with Gasteiger partial charge in [0.05, 0.1) is 0 Å². The summed E-state index contributed by atoms with van der Waals surface area (Å²) in [5.41, 5.74) is 7.38. The third-order valence-corrected chi connectivity index (χ3v) is 4.14. The van der Waals surface area contributed by atoms with Gasteiger partial charge in [-0.3, -0.25) is 0 Å². The number of hydrogen-bond acceptors (Lipinski definition) is 5. The van der Waals surface area contributed by atoms with Crippen LogP contribution in [0.2, 0.25) is 0 Å². The fraction of sp³-hybridized carbons (Fsp3) is 0.0909. The van der Waals surface area contributed by atoms with Crippen LogP contribution in [0.15, 0.2) is 45.3 Å². The molecule has 88 valence electrons. The van der Waals surface area contributed by atoms with Crippen molar-refractivity contribution in [2.75, 3.05) is 0 Å². The molecule has 4 nitrogen and oxygen atoms in total. The maximum atomic E-state index is 8.61. The van der Waals surface area contributed by atoms with E-state index in [4.69, 9.17) is 10.9 Å². The van der Waals surface area contributed by atoms with Crippen molar-refractivity contribution in [3.05, 3.63) is 47.0 Å². The molecule has 0 fully saturated rings. The zero-order chi connectivity index (χ0) is 12.1. The van der Waals surface area contributed by atoms with Crippen LogP contribution in [-0.4, -0.2) is 16.0 Å². The lowest BCUT2D eigenvalue weighted by Gasteiger charge is -2.02. The van der Waals surface area contributed by atoms with Gasteiger partial charge in [-0.25, -0.2) is 4.98 Å². The van der Waals surface area contributed by atoms with Crippen molar-refractivity contribution in [2.24, 2.45) is 10.9 Å². The van der Waals surface area contributed by atoms with E-state index in [1.807, 2.05) is 29.6 Å². The lowest BCUT2D eigenvalue weighted by Crippen LogP contribution is -2.13. The Morgan fingerprint density at radius 2 is 2.41 bits per heavy atom. The molecule has 1 aromatic carbocycles. The van der Waals surface area contributed by atoms with Gasteiger partial charge in [0.1, 0.15) is 4.34 Å². The average molecular weight is 265 g/mol. The zero-order valence-corrected chi connectivity index (χ0v) is 10.5. The van der Waals surface area contributed by atoms with Crippen LogP contribution in [0.3, 0.4) is 0 Å². The third-order valence-electron chi connectivity index (χ3n) is 2.10. The highest BCUT2D eigenvalue weighted by Crippen LogP contribution is 2.24. The van der Waals surface area contributed by atoms with Crippen LogP contribution in [0.5, 0.6) is 0 Å². The summed E-state index contributed by atoms with van der Waals surface area (Å²) < 4.78 is 1.04. The van der Waals surface area contributed by atoms with Crippen LogP contribution in [-0.2, 0) is 5.75 Å². The van der Waals surface area contributed by atoms with Gasteiger partial charge in [0.2, 0.25) is 0 Å². The topological polar surface area (TPSA) is 71.5 Å². The molecule has 0 spiro atoms. The first-order chi connectivity index (χ1) is 8.29. The summed E-state index contributed by atoms with van der Waals surface area (Å²) in [6.07, 6.45) is 1.79. The van der Waals surface area contributed by atoms with Gasteiger partial charge in [0.25, 0.3) is 0 Å². The Morgan fingerprint density at radius 1 is 1.53 bits per heavy atom. The highest BCUT2D eigenvalue weighted by atomic mass is 32.2. The SMILES string of the molecule is N/C(=N/O)c1cccc(CSc2nccs2)c1. The Morgan fingerprint density at radius 3 is 3.12 bits per heavy atom. The van der Waals surface area contributed by atoms with Crippen molar-refractivity contribution in [3.8, 4) is 0 Å². The van der Waals surface area contributed by atoms with E-state index in [2.05, 4.69) is 10.1 Å². The summed E-state index contributed by atoms with van der Waals surface area (Å²) in [5, 5.41) is 13.5. The van der Waals surface area contributed by atoms with Crippen molar-refractivity contribution in [1.82, 2.24) is 4.98 Å². The van der Waals surface area contributed by atoms with Crippen molar-refractivity contribution >= 4 is 28.9 Å². The maximum absolute atomic E-state index is 8.61. The number of aromatic nitrogens is 1. The molecule has 0 saturated heterocycles. The lowest BCUT2D eigenvalue weighted by molar-refractivity contribution is 0.318. The summed E-state index contributed by atoms with van der Waals surface area (Å²) in [5.74, 6) is 0.950. The summed E-state index contributed by atoms with van der Waals surface area (Å²) in [7, 11) is 0. The van der Waals surface area contributed by atoms with E-state index in [9.17, 15) is 0 Å². The van der Waals surface area contributed by atoms with Gasteiger partial charge < -0.3 is 10.9 Å². The van der Waals surface area contributed by atoms with Crippen molar-refractivity contribution < 1.29 is 5.21 Å². The molecule has 2 rings (SSSR count). The van der Waals surface area contributed by atoms with Crippen LogP contribution in [0.25, 0.3) is 0 Å². The zero-order valence-electron chi connectivity index (χ0n) is 8.91. The van der Waals surface area contributed by atoms with Crippen LogP contribution < -0.4 is 5.73 Å². The van der Waals surface area contributed by atoms with Gasteiger partial charge in [-0.15, -0.1) is 11.3 Å². The molecule has 1 aromatic heterocycles. The monoisotopic (exact) mass is 265 g/mol. The van der Waals surface area contributed by atoms with Gasteiger partial charge in [0, 0.05) is 22.9 Å². The lowest BCUT2D eigenvalue weighted by atomic mass is 10.1. The molecule has 0 unspecified atom stereocenters. The molecule has 0 bridgehead atoms. The quantitative estimate of drug-likeness (QED) is 0.293. The molecule has 0 saturated carbocycles. The first kappa shape index (κ1) is 11.9. The van der Waals surface area contributed by atoms with E-state index >= 15 is 0 Å².